The van der Waals surface area contributed by atoms with Gasteiger partial charge in [0.2, 0.25) is 0 Å². The van der Waals surface area contributed by atoms with E-state index < -0.39 is 0 Å². The molecule has 3 heterocycles. The molecule has 0 atom stereocenters. The van der Waals surface area contributed by atoms with E-state index in [0.717, 1.165) is 30.2 Å². The van der Waals surface area contributed by atoms with Crippen LogP contribution in [0.5, 0.6) is 0 Å². The maximum absolute atomic E-state index is 5.89. The minimum atomic E-state index is 0.773. The highest BCUT2D eigenvalue weighted by atomic mass is 32.1. The van der Waals surface area contributed by atoms with Crippen LogP contribution in [-0.4, -0.2) is 9.78 Å². The zero-order chi connectivity index (χ0) is 14.9. The van der Waals surface area contributed by atoms with E-state index in [1.54, 1.807) is 11.3 Å². The fraction of sp³-hybridized carbons (Fsp3) is 0.167. The predicted octanol–water partition coefficient (Wildman–Crippen LogP) is 4.97. The van der Waals surface area contributed by atoms with E-state index in [-0.39, 0.29) is 0 Å². The first-order valence-electron chi connectivity index (χ1n) is 7.42. The third-order valence-electron chi connectivity index (χ3n) is 3.78. The maximum atomic E-state index is 5.89. The maximum Gasteiger partial charge on any atom is 0.156 e. The number of rotatable bonds is 4. The molecule has 4 rings (SSSR count). The van der Waals surface area contributed by atoms with E-state index in [4.69, 9.17) is 9.52 Å². The van der Waals surface area contributed by atoms with Gasteiger partial charge in [0.15, 0.2) is 5.76 Å². The molecule has 22 heavy (non-hydrogen) atoms. The third-order valence-corrected chi connectivity index (χ3v) is 4.69. The summed E-state index contributed by atoms with van der Waals surface area (Å²) in [6.07, 6.45) is 0.901. The number of aromatic nitrogens is 2. The number of furan rings is 1. The van der Waals surface area contributed by atoms with Crippen LogP contribution < -0.4 is 0 Å². The molecule has 4 aromatic rings. The molecule has 0 aliphatic heterocycles. The van der Waals surface area contributed by atoms with Crippen molar-refractivity contribution >= 4 is 21.6 Å². The lowest BCUT2D eigenvalue weighted by molar-refractivity contribution is 0.526. The molecule has 1 aromatic carbocycles. The van der Waals surface area contributed by atoms with Crippen molar-refractivity contribution in [2.24, 2.45) is 0 Å². The average Bonchev–Trinajstić information content (AvgIpc) is 3.25. The van der Waals surface area contributed by atoms with Gasteiger partial charge in [0, 0.05) is 6.42 Å². The number of thiophene rings is 1. The van der Waals surface area contributed by atoms with Gasteiger partial charge in [0.05, 0.1) is 16.8 Å². The topological polar surface area (TPSA) is 31.0 Å². The Hall–Kier alpha value is -2.33. The van der Waals surface area contributed by atoms with Crippen LogP contribution in [0.15, 0.2) is 58.3 Å². The fourth-order valence-electron chi connectivity index (χ4n) is 2.64. The van der Waals surface area contributed by atoms with Gasteiger partial charge in [0.25, 0.3) is 0 Å². The van der Waals surface area contributed by atoms with E-state index in [9.17, 15) is 0 Å². The monoisotopic (exact) mass is 308 g/mol. The van der Waals surface area contributed by atoms with Crippen LogP contribution in [0.4, 0.5) is 0 Å². The highest BCUT2D eigenvalue weighted by molar-refractivity contribution is 7.17. The van der Waals surface area contributed by atoms with E-state index in [2.05, 4.69) is 47.3 Å². The molecule has 0 N–H and O–H groups in total. The molecule has 110 valence electrons. The largest absolute Gasteiger partial charge is 0.459 e. The Bertz CT molecular complexity index is 902. The molecule has 3 aromatic heterocycles. The average molecular weight is 308 g/mol. The Labute approximate surface area is 132 Å². The number of nitrogens with zero attached hydrogens (tertiary/aromatic N) is 2. The summed E-state index contributed by atoms with van der Waals surface area (Å²) in [5, 5.41) is 6.91. The van der Waals surface area contributed by atoms with Crippen molar-refractivity contribution in [1.82, 2.24) is 9.78 Å². The summed E-state index contributed by atoms with van der Waals surface area (Å²) < 4.78 is 9.14. The van der Waals surface area contributed by atoms with Gasteiger partial charge in [-0.25, -0.2) is 0 Å². The molecule has 3 nitrogen and oxygen atoms in total. The van der Waals surface area contributed by atoms with E-state index >= 15 is 0 Å². The molecule has 0 saturated carbocycles. The van der Waals surface area contributed by atoms with Gasteiger partial charge in [-0.2, -0.15) is 5.10 Å². The molecule has 0 saturated heterocycles. The molecular weight excluding hydrogens is 292 g/mol. The molecule has 0 amide bonds. The summed E-state index contributed by atoms with van der Waals surface area (Å²) in [6.45, 7) is 2.87. The van der Waals surface area contributed by atoms with Crippen molar-refractivity contribution in [1.29, 1.82) is 0 Å². The summed E-state index contributed by atoms with van der Waals surface area (Å²) in [5.74, 6) is 1.86. The summed E-state index contributed by atoms with van der Waals surface area (Å²) in [6, 6.07) is 16.6. The van der Waals surface area contributed by atoms with Gasteiger partial charge in [-0.3, -0.25) is 4.68 Å². The molecule has 0 bridgehead atoms. The van der Waals surface area contributed by atoms with Crippen LogP contribution >= 0.6 is 11.3 Å². The smallest absolute Gasteiger partial charge is 0.156 e. The first-order chi connectivity index (χ1) is 10.8. The number of hydrogen-bond donors (Lipinski definition) is 0. The quantitative estimate of drug-likeness (QED) is 0.533. The molecule has 0 aliphatic carbocycles. The minimum Gasteiger partial charge on any atom is -0.459 e. The summed E-state index contributed by atoms with van der Waals surface area (Å²) in [7, 11) is 0. The van der Waals surface area contributed by atoms with Gasteiger partial charge in [-0.05, 0) is 29.1 Å². The van der Waals surface area contributed by atoms with Crippen LogP contribution in [-0.2, 0) is 13.0 Å². The standard InChI is InChI=1S/C18H16N2OS/c1-2-14-8-9-16(21-14)17-18-15(10-11-22-18)20(19-17)12-13-6-4-3-5-7-13/h3-11H,2,12H2,1H3. The zero-order valence-electron chi connectivity index (χ0n) is 12.3. The van der Waals surface area contributed by atoms with Gasteiger partial charge >= 0.3 is 0 Å². The SMILES string of the molecule is CCc1ccc(-c2nn(Cc3ccccc3)c3ccsc23)o1. The second-order valence-corrected chi connectivity index (χ2v) is 6.16. The molecule has 4 heteroatoms. The lowest BCUT2D eigenvalue weighted by Gasteiger charge is -2.02. The van der Waals surface area contributed by atoms with Gasteiger partial charge < -0.3 is 4.42 Å². The van der Waals surface area contributed by atoms with E-state index in [0.29, 0.717) is 0 Å². The Morgan fingerprint density at radius 1 is 1.09 bits per heavy atom. The van der Waals surface area contributed by atoms with E-state index in [1.807, 2.05) is 18.2 Å². The Kier molecular flexibility index (Phi) is 3.31. The summed E-state index contributed by atoms with van der Waals surface area (Å²) >= 11 is 1.71. The summed E-state index contributed by atoms with van der Waals surface area (Å²) in [4.78, 5) is 0. The highest BCUT2D eigenvalue weighted by Gasteiger charge is 2.16. The lowest BCUT2D eigenvalue weighted by Crippen LogP contribution is -2.01. The lowest BCUT2D eigenvalue weighted by atomic mass is 10.2. The van der Waals surface area contributed by atoms with Gasteiger partial charge in [0.1, 0.15) is 11.5 Å². The molecule has 0 fully saturated rings. The van der Waals surface area contributed by atoms with Crippen molar-refractivity contribution in [3.63, 3.8) is 0 Å². The van der Waals surface area contributed by atoms with Crippen LogP contribution in [0.25, 0.3) is 21.7 Å². The van der Waals surface area contributed by atoms with Gasteiger partial charge in [-0.15, -0.1) is 11.3 Å². The number of fused-ring (bicyclic) bond motifs is 1. The Balaban J connectivity index is 1.79. The number of aryl methyl sites for hydroxylation is 1. The van der Waals surface area contributed by atoms with Crippen molar-refractivity contribution in [2.45, 2.75) is 19.9 Å². The highest BCUT2D eigenvalue weighted by Crippen LogP contribution is 2.33. The van der Waals surface area contributed by atoms with Crippen LogP contribution in [0.3, 0.4) is 0 Å². The normalized spacial score (nSPS) is 11.3. The number of benzene rings is 1. The fourth-order valence-corrected chi connectivity index (χ4v) is 3.52. The van der Waals surface area contributed by atoms with Crippen molar-refractivity contribution in [2.75, 3.05) is 0 Å². The molecule has 0 aliphatic rings. The third kappa shape index (κ3) is 2.25. The van der Waals surface area contributed by atoms with Crippen molar-refractivity contribution in [3.8, 4) is 11.5 Å². The first kappa shape index (κ1) is 13.3. The zero-order valence-corrected chi connectivity index (χ0v) is 13.1. The predicted molar refractivity (Wildman–Crippen MR) is 90.2 cm³/mol. The van der Waals surface area contributed by atoms with Crippen LogP contribution in [0.2, 0.25) is 0 Å². The second kappa shape index (κ2) is 5.46. The second-order valence-electron chi connectivity index (χ2n) is 5.25. The van der Waals surface area contributed by atoms with E-state index in [1.165, 1.54) is 15.8 Å². The summed E-state index contributed by atoms with van der Waals surface area (Å²) in [5.41, 5.74) is 3.36. The van der Waals surface area contributed by atoms with Crippen molar-refractivity contribution in [3.05, 3.63) is 65.2 Å². The van der Waals surface area contributed by atoms with Gasteiger partial charge in [-0.1, -0.05) is 37.3 Å². The molecular formula is C18H16N2OS. The Morgan fingerprint density at radius 3 is 2.73 bits per heavy atom. The van der Waals surface area contributed by atoms with Crippen LogP contribution in [0.1, 0.15) is 18.2 Å². The Morgan fingerprint density at radius 2 is 1.95 bits per heavy atom. The molecule has 0 radical (unpaired) electrons. The van der Waals surface area contributed by atoms with Crippen molar-refractivity contribution < 1.29 is 4.42 Å². The molecule has 0 unspecified atom stereocenters. The first-order valence-corrected chi connectivity index (χ1v) is 8.30. The number of hydrogen-bond acceptors (Lipinski definition) is 3. The minimum absolute atomic E-state index is 0.773. The van der Waals surface area contributed by atoms with Crippen LogP contribution in [0, 0.1) is 0 Å². The molecule has 0 spiro atoms.